The zero-order valence-electron chi connectivity index (χ0n) is 11.3. The molecule has 19 heavy (non-hydrogen) atoms. The fourth-order valence-corrected chi connectivity index (χ4v) is 2.45. The van der Waals surface area contributed by atoms with Gasteiger partial charge < -0.3 is 14.3 Å². The highest BCUT2D eigenvalue weighted by atomic mass is 16.3. The predicted molar refractivity (Wildman–Crippen MR) is 75.1 cm³/mol. The number of para-hydroxylation sites is 1. The van der Waals surface area contributed by atoms with Gasteiger partial charge in [0.25, 0.3) is 0 Å². The summed E-state index contributed by atoms with van der Waals surface area (Å²) in [6.07, 6.45) is 3.66. The van der Waals surface area contributed by atoms with Gasteiger partial charge in [0, 0.05) is 12.4 Å². The molecule has 2 aromatic heterocycles. The molecule has 0 aliphatic heterocycles. The number of nitrogens with one attached hydrogen (secondary N) is 1. The average Bonchev–Trinajstić information content (AvgIpc) is 2.99. The van der Waals surface area contributed by atoms with Gasteiger partial charge in [-0.3, -0.25) is 0 Å². The molecule has 1 atom stereocenters. The Morgan fingerprint density at radius 2 is 2.21 bits per heavy atom. The number of benzene rings is 1. The Bertz CT molecular complexity index is 711. The summed E-state index contributed by atoms with van der Waals surface area (Å²) in [5, 5.41) is 4.42. The van der Waals surface area contributed by atoms with Crippen LogP contribution in [-0.2, 0) is 7.05 Å². The number of rotatable bonds is 3. The lowest BCUT2D eigenvalue weighted by molar-refractivity contribution is 0.478. The third kappa shape index (κ3) is 1.94. The van der Waals surface area contributed by atoms with Crippen LogP contribution >= 0.6 is 0 Å². The fourth-order valence-electron chi connectivity index (χ4n) is 2.45. The van der Waals surface area contributed by atoms with Crippen molar-refractivity contribution >= 4 is 11.0 Å². The highest BCUT2D eigenvalue weighted by molar-refractivity contribution is 5.81. The first kappa shape index (κ1) is 12.0. The molecule has 2 heterocycles. The normalized spacial score (nSPS) is 13.0. The van der Waals surface area contributed by atoms with Crippen molar-refractivity contribution in [2.45, 2.75) is 13.0 Å². The van der Waals surface area contributed by atoms with E-state index in [1.54, 1.807) is 6.33 Å². The SMILES string of the molecule is CNC(c1cc2cccc(C)c2o1)c1cncn1C. The zero-order chi connectivity index (χ0) is 13.4. The molecule has 1 unspecified atom stereocenters. The minimum absolute atomic E-state index is 0.0132. The molecular formula is C15H17N3O. The van der Waals surface area contributed by atoms with Crippen LogP contribution < -0.4 is 5.32 Å². The van der Waals surface area contributed by atoms with Crippen LogP contribution in [0.5, 0.6) is 0 Å². The first-order valence-corrected chi connectivity index (χ1v) is 6.33. The third-order valence-corrected chi connectivity index (χ3v) is 3.48. The van der Waals surface area contributed by atoms with Gasteiger partial charge in [-0.15, -0.1) is 0 Å². The molecule has 0 fully saturated rings. The van der Waals surface area contributed by atoms with Crippen molar-refractivity contribution < 1.29 is 4.42 Å². The summed E-state index contributed by atoms with van der Waals surface area (Å²) >= 11 is 0. The van der Waals surface area contributed by atoms with E-state index in [9.17, 15) is 0 Å². The summed E-state index contributed by atoms with van der Waals surface area (Å²) in [6.45, 7) is 2.06. The van der Waals surface area contributed by atoms with Gasteiger partial charge in [-0.1, -0.05) is 18.2 Å². The summed E-state index contributed by atoms with van der Waals surface area (Å²) in [4.78, 5) is 4.17. The maximum Gasteiger partial charge on any atom is 0.137 e. The highest BCUT2D eigenvalue weighted by Gasteiger charge is 2.19. The van der Waals surface area contributed by atoms with Gasteiger partial charge in [-0.05, 0) is 25.6 Å². The molecule has 0 radical (unpaired) electrons. The van der Waals surface area contributed by atoms with Crippen molar-refractivity contribution in [2.75, 3.05) is 7.05 Å². The lowest BCUT2D eigenvalue weighted by Gasteiger charge is -2.13. The third-order valence-electron chi connectivity index (χ3n) is 3.48. The van der Waals surface area contributed by atoms with Crippen molar-refractivity contribution in [1.29, 1.82) is 0 Å². The van der Waals surface area contributed by atoms with Crippen LogP contribution in [0.2, 0.25) is 0 Å². The van der Waals surface area contributed by atoms with Crippen LogP contribution in [0.4, 0.5) is 0 Å². The van der Waals surface area contributed by atoms with E-state index in [4.69, 9.17) is 4.42 Å². The Kier molecular flexibility index (Phi) is 2.87. The van der Waals surface area contributed by atoms with Crippen molar-refractivity contribution in [2.24, 2.45) is 7.05 Å². The minimum atomic E-state index is 0.0132. The summed E-state index contributed by atoms with van der Waals surface area (Å²) in [5.41, 5.74) is 3.20. The Morgan fingerprint density at radius 1 is 1.37 bits per heavy atom. The topological polar surface area (TPSA) is 43.0 Å². The van der Waals surface area contributed by atoms with Crippen LogP contribution in [0.1, 0.15) is 23.1 Å². The molecule has 1 N–H and O–H groups in total. The fraction of sp³-hybridized carbons (Fsp3) is 0.267. The number of nitrogens with zero attached hydrogens (tertiary/aromatic N) is 2. The number of hydrogen-bond acceptors (Lipinski definition) is 3. The summed E-state index contributed by atoms with van der Waals surface area (Å²) in [6, 6.07) is 8.30. The number of imidazole rings is 1. The lowest BCUT2D eigenvalue weighted by atomic mass is 10.1. The highest BCUT2D eigenvalue weighted by Crippen LogP contribution is 2.29. The molecule has 0 aliphatic carbocycles. The molecule has 0 amide bonds. The van der Waals surface area contributed by atoms with Crippen LogP contribution in [-0.4, -0.2) is 16.6 Å². The van der Waals surface area contributed by atoms with Crippen molar-refractivity contribution in [1.82, 2.24) is 14.9 Å². The molecule has 98 valence electrons. The summed E-state index contributed by atoms with van der Waals surface area (Å²) in [5.74, 6) is 0.912. The molecule has 0 saturated carbocycles. The van der Waals surface area contributed by atoms with Crippen LogP contribution in [0.25, 0.3) is 11.0 Å². The minimum Gasteiger partial charge on any atom is -0.459 e. The standard InChI is InChI=1S/C15H17N3O/c1-10-5-4-6-11-7-13(19-15(10)11)14(16-2)12-8-17-9-18(12)3/h4-9,14,16H,1-3H3. The van der Waals surface area contributed by atoms with E-state index in [0.29, 0.717) is 0 Å². The molecular weight excluding hydrogens is 238 g/mol. The smallest absolute Gasteiger partial charge is 0.137 e. The Labute approximate surface area is 112 Å². The maximum absolute atomic E-state index is 6.03. The predicted octanol–water partition coefficient (Wildman–Crippen LogP) is 2.78. The lowest BCUT2D eigenvalue weighted by Crippen LogP contribution is -2.19. The quantitative estimate of drug-likeness (QED) is 0.782. The zero-order valence-corrected chi connectivity index (χ0v) is 11.3. The molecule has 0 saturated heterocycles. The maximum atomic E-state index is 6.03. The summed E-state index contributed by atoms with van der Waals surface area (Å²) < 4.78 is 8.03. The number of furan rings is 1. The second-order valence-corrected chi connectivity index (χ2v) is 4.79. The van der Waals surface area contributed by atoms with E-state index in [1.807, 2.05) is 24.9 Å². The Balaban J connectivity index is 2.12. The van der Waals surface area contributed by atoms with E-state index in [1.165, 1.54) is 0 Å². The van der Waals surface area contributed by atoms with Crippen molar-refractivity contribution in [3.05, 3.63) is 53.8 Å². The van der Waals surface area contributed by atoms with Gasteiger partial charge in [-0.25, -0.2) is 4.98 Å². The largest absolute Gasteiger partial charge is 0.459 e. The second-order valence-electron chi connectivity index (χ2n) is 4.79. The average molecular weight is 255 g/mol. The molecule has 4 nitrogen and oxygen atoms in total. The molecule has 0 aliphatic rings. The Hall–Kier alpha value is -2.07. The van der Waals surface area contributed by atoms with Gasteiger partial charge in [-0.2, -0.15) is 0 Å². The number of aryl methyl sites for hydroxylation is 2. The molecule has 3 aromatic rings. The van der Waals surface area contributed by atoms with E-state index in [0.717, 1.165) is 28.0 Å². The van der Waals surface area contributed by atoms with Crippen LogP contribution in [0.3, 0.4) is 0 Å². The number of fused-ring (bicyclic) bond motifs is 1. The molecule has 1 aromatic carbocycles. The molecule has 4 heteroatoms. The van der Waals surface area contributed by atoms with E-state index in [-0.39, 0.29) is 6.04 Å². The second kappa shape index (κ2) is 4.55. The van der Waals surface area contributed by atoms with E-state index in [2.05, 4.69) is 41.5 Å². The summed E-state index contributed by atoms with van der Waals surface area (Å²) in [7, 11) is 3.91. The molecule has 0 spiro atoms. The van der Waals surface area contributed by atoms with Crippen LogP contribution in [0.15, 0.2) is 41.2 Å². The van der Waals surface area contributed by atoms with E-state index < -0.39 is 0 Å². The molecule has 0 bridgehead atoms. The molecule has 3 rings (SSSR count). The van der Waals surface area contributed by atoms with Crippen molar-refractivity contribution in [3.8, 4) is 0 Å². The first-order chi connectivity index (χ1) is 9.20. The van der Waals surface area contributed by atoms with Gasteiger partial charge in [0.2, 0.25) is 0 Å². The van der Waals surface area contributed by atoms with Gasteiger partial charge >= 0.3 is 0 Å². The number of aromatic nitrogens is 2. The Morgan fingerprint density at radius 3 is 2.84 bits per heavy atom. The van der Waals surface area contributed by atoms with E-state index >= 15 is 0 Å². The first-order valence-electron chi connectivity index (χ1n) is 6.33. The van der Waals surface area contributed by atoms with Crippen molar-refractivity contribution in [3.63, 3.8) is 0 Å². The number of hydrogen-bond donors (Lipinski definition) is 1. The van der Waals surface area contributed by atoms with Crippen LogP contribution in [0, 0.1) is 6.92 Å². The van der Waals surface area contributed by atoms with Gasteiger partial charge in [0.1, 0.15) is 17.4 Å². The van der Waals surface area contributed by atoms with Gasteiger partial charge in [0.15, 0.2) is 0 Å². The van der Waals surface area contributed by atoms with Gasteiger partial charge in [0.05, 0.1) is 18.2 Å². The monoisotopic (exact) mass is 255 g/mol.